The third-order valence-corrected chi connectivity index (χ3v) is 2.69. The number of halogens is 3. The van der Waals surface area contributed by atoms with Crippen LogP contribution in [0.2, 0.25) is 5.02 Å². The maximum atomic E-state index is 12.2. The summed E-state index contributed by atoms with van der Waals surface area (Å²) >= 11 is 5.67. The normalized spacial score (nSPS) is 13.6. The van der Waals surface area contributed by atoms with E-state index in [2.05, 4.69) is 10.1 Å². The Morgan fingerprint density at radius 3 is 2.62 bits per heavy atom. The summed E-state index contributed by atoms with van der Waals surface area (Å²) in [7, 11) is 0. The molecule has 6 nitrogen and oxygen atoms in total. The van der Waals surface area contributed by atoms with Crippen LogP contribution in [0.5, 0.6) is 5.75 Å². The average Bonchev–Trinajstić information content (AvgIpc) is 2.37. The van der Waals surface area contributed by atoms with Crippen LogP contribution in [0.15, 0.2) is 18.2 Å². The van der Waals surface area contributed by atoms with Gasteiger partial charge in [0.1, 0.15) is 5.75 Å². The highest BCUT2D eigenvalue weighted by molar-refractivity contribution is 6.31. The van der Waals surface area contributed by atoms with Crippen LogP contribution in [0.25, 0.3) is 0 Å². The molecule has 9 heteroatoms. The first-order chi connectivity index (χ1) is 9.63. The topological polar surface area (TPSA) is 95.9 Å². The predicted molar refractivity (Wildman–Crippen MR) is 68.7 cm³/mol. The molecule has 1 aromatic rings. The van der Waals surface area contributed by atoms with Crippen molar-refractivity contribution in [2.45, 2.75) is 19.1 Å². The lowest BCUT2D eigenvalue weighted by Crippen LogP contribution is -2.46. The Labute approximate surface area is 123 Å². The molecule has 116 valence electrons. The highest BCUT2D eigenvalue weighted by atomic mass is 35.5. The number of carboxylic acid groups (broad SMARTS) is 1. The Bertz CT molecular complexity index is 550. The van der Waals surface area contributed by atoms with Gasteiger partial charge in [0.2, 0.25) is 0 Å². The second-order valence-corrected chi connectivity index (χ2v) is 4.72. The summed E-state index contributed by atoms with van der Waals surface area (Å²) < 4.78 is 28.7. The van der Waals surface area contributed by atoms with E-state index in [1.54, 1.807) is 0 Å². The molecule has 0 fully saturated rings. The second-order valence-electron chi connectivity index (χ2n) is 4.28. The number of carbonyl (C=O) groups is 2. The van der Waals surface area contributed by atoms with E-state index in [1.807, 2.05) is 0 Å². The molecule has 1 rings (SSSR count). The van der Waals surface area contributed by atoms with E-state index in [4.69, 9.17) is 16.7 Å². The van der Waals surface area contributed by atoms with Crippen LogP contribution < -0.4 is 10.1 Å². The number of rotatable bonds is 6. The minimum absolute atomic E-state index is 0.103. The van der Waals surface area contributed by atoms with E-state index in [0.29, 0.717) is 0 Å². The molecule has 1 amide bonds. The average molecular weight is 324 g/mol. The summed E-state index contributed by atoms with van der Waals surface area (Å²) in [5.41, 5.74) is -2.50. The molecule has 1 unspecified atom stereocenters. The molecule has 0 saturated heterocycles. The van der Waals surface area contributed by atoms with Gasteiger partial charge >= 0.3 is 12.6 Å². The Hall–Kier alpha value is -1.93. The number of ether oxygens (including phenoxy) is 1. The smallest absolute Gasteiger partial charge is 0.387 e. The summed E-state index contributed by atoms with van der Waals surface area (Å²) in [5.74, 6) is -2.87. The van der Waals surface area contributed by atoms with Gasteiger partial charge in [-0.15, -0.1) is 0 Å². The van der Waals surface area contributed by atoms with Crippen LogP contribution in [0, 0.1) is 0 Å². The molecule has 0 aromatic heterocycles. The third kappa shape index (κ3) is 4.83. The molecular formula is C12H12ClF2NO5. The lowest BCUT2D eigenvalue weighted by molar-refractivity contribution is -0.155. The molecule has 1 aromatic carbocycles. The van der Waals surface area contributed by atoms with Gasteiger partial charge in [-0.25, -0.2) is 4.79 Å². The summed E-state index contributed by atoms with van der Waals surface area (Å²) in [6.07, 6.45) is 0. The number of hydrogen-bond donors (Lipinski definition) is 3. The van der Waals surface area contributed by atoms with Gasteiger partial charge in [-0.3, -0.25) is 4.79 Å². The summed E-state index contributed by atoms with van der Waals surface area (Å²) in [6, 6.07) is 3.42. The Balaban J connectivity index is 2.91. The molecule has 0 spiro atoms. The number of carbonyl (C=O) groups excluding carboxylic acids is 1. The van der Waals surface area contributed by atoms with Gasteiger partial charge in [-0.2, -0.15) is 8.78 Å². The number of aliphatic hydroxyl groups is 1. The van der Waals surface area contributed by atoms with Crippen molar-refractivity contribution in [1.29, 1.82) is 0 Å². The monoisotopic (exact) mass is 323 g/mol. The molecule has 0 aliphatic heterocycles. The van der Waals surface area contributed by atoms with Gasteiger partial charge in [0.25, 0.3) is 5.91 Å². The van der Waals surface area contributed by atoms with Crippen molar-refractivity contribution >= 4 is 23.5 Å². The van der Waals surface area contributed by atoms with Crippen LogP contribution >= 0.6 is 11.6 Å². The fourth-order valence-corrected chi connectivity index (χ4v) is 1.47. The van der Waals surface area contributed by atoms with Crippen molar-refractivity contribution in [2.75, 3.05) is 6.54 Å². The molecule has 0 bridgehead atoms. The van der Waals surface area contributed by atoms with Gasteiger partial charge in [-0.05, 0) is 25.1 Å². The first-order valence-electron chi connectivity index (χ1n) is 5.62. The van der Waals surface area contributed by atoms with Gasteiger partial charge in [0, 0.05) is 5.02 Å². The summed E-state index contributed by atoms with van der Waals surface area (Å²) in [6.45, 7) is -2.79. The van der Waals surface area contributed by atoms with Gasteiger partial charge in [0.15, 0.2) is 5.60 Å². The number of hydrogen-bond acceptors (Lipinski definition) is 4. The Morgan fingerprint density at radius 2 is 2.10 bits per heavy atom. The summed E-state index contributed by atoms with van der Waals surface area (Å²) in [4.78, 5) is 22.6. The van der Waals surface area contributed by atoms with Crippen LogP contribution in [0.4, 0.5) is 8.78 Å². The highest BCUT2D eigenvalue weighted by Gasteiger charge is 2.30. The molecule has 0 saturated carbocycles. The van der Waals surface area contributed by atoms with E-state index in [1.165, 1.54) is 6.07 Å². The maximum absolute atomic E-state index is 12.2. The predicted octanol–water partition coefficient (Wildman–Crippen LogP) is 1.51. The highest BCUT2D eigenvalue weighted by Crippen LogP contribution is 2.24. The SMILES string of the molecule is CC(O)(CNC(=O)c1cc(Cl)ccc1OC(F)F)C(=O)O. The van der Waals surface area contributed by atoms with E-state index in [-0.39, 0.29) is 10.6 Å². The van der Waals surface area contributed by atoms with Gasteiger partial charge in [-0.1, -0.05) is 11.6 Å². The maximum Gasteiger partial charge on any atom is 0.387 e. The fraction of sp³-hybridized carbons (Fsp3) is 0.333. The molecular weight excluding hydrogens is 312 g/mol. The zero-order valence-electron chi connectivity index (χ0n) is 10.8. The van der Waals surface area contributed by atoms with Crippen molar-refractivity contribution in [3.63, 3.8) is 0 Å². The quantitative estimate of drug-likeness (QED) is 0.737. The third-order valence-electron chi connectivity index (χ3n) is 2.46. The van der Waals surface area contributed by atoms with Crippen molar-refractivity contribution in [1.82, 2.24) is 5.32 Å². The standard InChI is InChI=1S/C12H12ClF2NO5/c1-12(20,10(18)19)5-16-9(17)7-4-6(13)2-3-8(7)21-11(14)15/h2-4,11,20H,5H2,1H3,(H,16,17)(H,18,19). The van der Waals surface area contributed by atoms with Gasteiger partial charge < -0.3 is 20.3 Å². The summed E-state index contributed by atoms with van der Waals surface area (Å²) in [5, 5.41) is 20.4. The molecule has 3 N–H and O–H groups in total. The van der Waals surface area contributed by atoms with E-state index in [9.17, 15) is 23.5 Å². The molecule has 0 aliphatic rings. The van der Waals surface area contributed by atoms with Crippen molar-refractivity contribution in [3.8, 4) is 5.75 Å². The first-order valence-corrected chi connectivity index (χ1v) is 5.99. The minimum Gasteiger partial charge on any atom is -0.479 e. The van der Waals surface area contributed by atoms with Crippen LogP contribution in [-0.4, -0.2) is 40.8 Å². The Kier molecular flexibility index (Phi) is 5.45. The molecule has 0 radical (unpaired) electrons. The number of nitrogens with one attached hydrogen (secondary N) is 1. The van der Waals surface area contributed by atoms with Crippen molar-refractivity contribution < 1.29 is 33.3 Å². The van der Waals surface area contributed by atoms with Crippen LogP contribution in [-0.2, 0) is 4.79 Å². The Morgan fingerprint density at radius 1 is 1.48 bits per heavy atom. The number of alkyl halides is 2. The van der Waals surface area contributed by atoms with Crippen LogP contribution in [0.3, 0.4) is 0 Å². The molecule has 0 heterocycles. The molecule has 1 atom stereocenters. The van der Waals surface area contributed by atoms with E-state index < -0.39 is 36.4 Å². The molecule has 21 heavy (non-hydrogen) atoms. The second kappa shape index (κ2) is 6.68. The zero-order chi connectivity index (χ0) is 16.2. The zero-order valence-corrected chi connectivity index (χ0v) is 11.5. The van der Waals surface area contributed by atoms with E-state index >= 15 is 0 Å². The number of amides is 1. The van der Waals surface area contributed by atoms with Gasteiger partial charge in [0.05, 0.1) is 12.1 Å². The number of aliphatic carboxylic acids is 1. The van der Waals surface area contributed by atoms with Crippen LogP contribution in [0.1, 0.15) is 17.3 Å². The van der Waals surface area contributed by atoms with Crippen molar-refractivity contribution in [3.05, 3.63) is 28.8 Å². The minimum atomic E-state index is -3.14. The van der Waals surface area contributed by atoms with E-state index in [0.717, 1.165) is 19.1 Å². The lowest BCUT2D eigenvalue weighted by atomic mass is 10.1. The number of carboxylic acids is 1. The fourth-order valence-electron chi connectivity index (χ4n) is 1.30. The van der Waals surface area contributed by atoms with Crippen molar-refractivity contribution in [2.24, 2.45) is 0 Å². The largest absolute Gasteiger partial charge is 0.479 e. The first kappa shape index (κ1) is 17.1. The molecule has 0 aliphatic carbocycles. The lowest BCUT2D eigenvalue weighted by Gasteiger charge is -2.19. The number of benzene rings is 1.